The Balaban J connectivity index is 2.11. The molecule has 1 heterocycles. The molecule has 0 radical (unpaired) electrons. The molecule has 1 amide bonds. The van der Waals surface area contributed by atoms with Crippen LogP contribution in [0.5, 0.6) is 0 Å². The molecule has 1 aromatic carbocycles. The standard InChI is InChI=1S/C14H15N3O/c1-10(11-6-3-2-4-7-11)17-14(18)12-8-5-9-16-13(12)15/h2-10H,1H3,(H2,15,16)(H,17,18)/t10-/m1/s1. The Morgan fingerprint density at radius 2 is 1.94 bits per heavy atom. The number of anilines is 1. The Morgan fingerprint density at radius 1 is 1.22 bits per heavy atom. The highest BCUT2D eigenvalue weighted by Crippen LogP contribution is 2.13. The van der Waals surface area contributed by atoms with Crippen molar-refractivity contribution in [2.45, 2.75) is 13.0 Å². The minimum absolute atomic E-state index is 0.0710. The highest BCUT2D eigenvalue weighted by Gasteiger charge is 2.13. The second-order valence-electron chi connectivity index (χ2n) is 4.04. The fraction of sp³-hybridized carbons (Fsp3) is 0.143. The molecule has 0 saturated heterocycles. The summed E-state index contributed by atoms with van der Waals surface area (Å²) in [6.07, 6.45) is 1.56. The first-order valence-corrected chi connectivity index (χ1v) is 5.75. The average Bonchev–Trinajstić information content (AvgIpc) is 2.40. The smallest absolute Gasteiger partial charge is 0.255 e. The first-order chi connectivity index (χ1) is 8.68. The third-order valence-electron chi connectivity index (χ3n) is 2.73. The van der Waals surface area contributed by atoms with Crippen LogP contribution in [0, 0.1) is 0 Å². The number of nitrogens with two attached hydrogens (primary N) is 1. The number of aromatic nitrogens is 1. The van der Waals surface area contributed by atoms with Crippen LogP contribution in [-0.4, -0.2) is 10.9 Å². The highest BCUT2D eigenvalue weighted by molar-refractivity contribution is 5.98. The van der Waals surface area contributed by atoms with E-state index in [0.717, 1.165) is 5.56 Å². The van der Waals surface area contributed by atoms with Crippen LogP contribution in [0.25, 0.3) is 0 Å². The number of nitrogen functional groups attached to an aromatic ring is 1. The van der Waals surface area contributed by atoms with Crippen molar-refractivity contribution in [1.29, 1.82) is 0 Å². The Hall–Kier alpha value is -2.36. The number of hydrogen-bond acceptors (Lipinski definition) is 3. The van der Waals surface area contributed by atoms with Gasteiger partial charge in [0.1, 0.15) is 5.82 Å². The maximum Gasteiger partial charge on any atom is 0.255 e. The Bertz CT molecular complexity index is 540. The summed E-state index contributed by atoms with van der Waals surface area (Å²) >= 11 is 0. The molecular formula is C14H15N3O. The van der Waals surface area contributed by atoms with Crippen LogP contribution in [0.2, 0.25) is 0 Å². The molecule has 1 atom stereocenters. The van der Waals surface area contributed by atoms with Crippen molar-refractivity contribution in [3.05, 3.63) is 59.8 Å². The normalized spacial score (nSPS) is 11.8. The van der Waals surface area contributed by atoms with E-state index in [1.807, 2.05) is 37.3 Å². The topological polar surface area (TPSA) is 68.0 Å². The number of hydrogen-bond donors (Lipinski definition) is 2. The van der Waals surface area contributed by atoms with Crippen LogP contribution in [0.15, 0.2) is 48.7 Å². The van der Waals surface area contributed by atoms with Gasteiger partial charge in [-0.2, -0.15) is 0 Å². The van der Waals surface area contributed by atoms with Crippen LogP contribution >= 0.6 is 0 Å². The summed E-state index contributed by atoms with van der Waals surface area (Å²) in [4.78, 5) is 15.9. The molecule has 1 aromatic heterocycles. The number of benzene rings is 1. The van der Waals surface area contributed by atoms with Crippen molar-refractivity contribution in [3.8, 4) is 0 Å². The maximum absolute atomic E-state index is 12.0. The predicted octanol–water partition coefficient (Wildman–Crippen LogP) is 2.15. The second-order valence-corrected chi connectivity index (χ2v) is 4.04. The van der Waals surface area contributed by atoms with E-state index >= 15 is 0 Å². The second kappa shape index (κ2) is 5.31. The van der Waals surface area contributed by atoms with Gasteiger partial charge in [0.15, 0.2) is 0 Å². The predicted molar refractivity (Wildman–Crippen MR) is 71.0 cm³/mol. The van der Waals surface area contributed by atoms with E-state index in [4.69, 9.17) is 5.73 Å². The minimum atomic E-state index is -0.211. The van der Waals surface area contributed by atoms with E-state index in [2.05, 4.69) is 10.3 Å². The van der Waals surface area contributed by atoms with Crippen molar-refractivity contribution >= 4 is 11.7 Å². The monoisotopic (exact) mass is 241 g/mol. The van der Waals surface area contributed by atoms with E-state index in [0.29, 0.717) is 5.56 Å². The zero-order valence-corrected chi connectivity index (χ0v) is 10.1. The number of nitrogens with zero attached hydrogens (tertiary/aromatic N) is 1. The number of carbonyl (C=O) groups is 1. The van der Waals surface area contributed by atoms with Gasteiger partial charge >= 0.3 is 0 Å². The Morgan fingerprint density at radius 3 is 2.61 bits per heavy atom. The van der Waals surface area contributed by atoms with Gasteiger partial charge in [0.05, 0.1) is 11.6 Å². The molecule has 0 saturated carbocycles. The van der Waals surface area contributed by atoms with E-state index < -0.39 is 0 Å². The van der Waals surface area contributed by atoms with Crippen LogP contribution in [0.3, 0.4) is 0 Å². The zero-order chi connectivity index (χ0) is 13.0. The molecule has 0 fully saturated rings. The van der Waals surface area contributed by atoms with Crippen molar-refractivity contribution in [1.82, 2.24) is 10.3 Å². The number of pyridine rings is 1. The van der Waals surface area contributed by atoms with Gasteiger partial charge < -0.3 is 11.1 Å². The SMILES string of the molecule is C[C@@H](NC(=O)c1cccnc1N)c1ccccc1. The largest absolute Gasteiger partial charge is 0.383 e. The first-order valence-electron chi connectivity index (χ1n) is 5.75. The Labute approximate surface area is 106 Å². The summed E-state index contributed by atoms with van der Waals surface area (Å²) < 4.78 is 0. The molecule has 0 aliphatic rings. The van der Waals surface area contributed by atoms with Gasteiger partial charge in [0.2, 0.25) is 0 Å². The van der Waals surface area contributed by atoms with Crippen molar-refractivity contribution < 1.29 is 4.79 Å². The molecule has 0 unspecified atom stereocenters. The number of rotatable bonds is 3. The third kappa shape index (κ3) is 2.66. The summed E-state index contributed by atoms with van der Waals surface area (Å²) in [5.41, 5.74) is 7.12. The minimum Gasteiger partial charge on any atom is -0.383 e. The van der Waals surface area contributed by atoms with Crippen LogP contribution in [0.4, 0.5) is 5.82 Å². The van der Waals surface area contributed by atoms with E-state index in [1.165, 1.54) is 0 Å². The van der Waals surface area contributed by atoms with Crippen LogP contribution in [-0.2, 0) is 0 Å². The van der Waals surface area contributed by atoms with Crippen LogP contribution < -0.4 is 11.1 Å². The summed E-state index contributed by atoms with van der Waals surface area (Å²) in [6.45, 7) is 1.93. The summed E-state index contributed by atoms with van der Waals surface area (Å²) in [7, 11) is 0. The van der Waals surface area contributed by atoms with Gasteiger partial charge in [0, 0.05) is 6.20 Å². The number of amides is 1. The summed E-state index contributed by atoms with van der Waals surface area (Å²) in [5.74, 6) is 0.0345. The molecule has 0 spiro atoms. The molecule has 0 aliphatic heterocycles. The zero-order valence-electron chi connectivity index (χ0n) is 10.1. The molecule has 2 rings (SSSR count). The van der Waals surface area contributed by atoms with Gasteiger partial charge in [-0.15, -0.1) is 0 Å². The Kier molecular flexibility index (Phi) is 3.57. The lowest BCUT2D eigenvalue weighted by Gasteiger charge is -2.14. The fourth-order valence-electron chi connectivity index (χ4n) is 1.71. The third-order valence-corrected chi connectivity index (χ3v) is 2.73. The molecule has 4 heteroatoms. The van der Waals surface area contributed by atoms with Crippen molar-refractivity contribution in [2.24, 2.45) is 0 Å². The lowest BCUT2D eigenvalue weighted by molar-refractivity contribution is 0.0940. The van der Waals surface area contributed by atoms with Crippen molar-refractivity contribution in [3.63, 3.8) is 0 Å². The maximum atomic E-state index is 12.0. The molecule has 4 nitrogen and oxygen atoms in total. The van der Waals surface area contributed by atoms with Gasteiger partial charge in [-0.05, 0) is 24.6 Å². The number of carbonyl (C=O) groups excluding carboxylic acids is 1. The highest BCUT2D eigenvalue weighted by atomic mass is 16.1. The lowest BCUT2D eigenvalue weighted by Crippen LogP contribution is -2.27. The van der Waals surface area contributed by atoms with E-state index in [-0.39, 0.29) is 17.8 Å². The van der Waals surface area contributed by atoms with Crippen LogP contribution in [0.1, 0.15) is 28.9 Å². The molecule has 3 N–H and O–H groups in total. The van der Waals surface area contributed by atoms with Gasteiger partial charge in [-0.25, -0.2) is 4.98 Å². The van der Waals surface area contributed by atoms with Gasteiger partial charge in [0.25, 0.3) is 5.91 Å². The summed E-state index contributed by atoms with van der Waals surface area (Å²) in [5, 5.41) is 2.89. The molecule has 18 heavy (non-hydrogen) atoms. The first kappa shape index (κ1) is 12.1. The molecular weight excluding hydrogens is 226 g/mol. The molecule has 2 aromatic rings. The average molecular weight is 241 g/mol. The number of nitrogens with one attached hydrogen (secondary N) is 1. The quantitative estimate of drug-likeness (QED) is 0.865. The molecule has 0 aliphatic carbocycles. The fourth-order valence-corrected chi connectivity index (χ4v) is 1.71. The van der Waals surface area contributed by atoms with Crippen molar-refractivity contribution in [2.75, 3.05) is 5.73 Å². The molecule has 92 valence electrons. The lowest BCUT2D eigenvalue weighted by atomic mass is 10.1. The van der Waals surface area contributed by atoms with E-state index in [1.54, 1.807) is 18.3 Å². The molecule has 0 bridgehead atoms. The van der Waals surface area contributed by atoms with Gasteiger partial charge in [-0.3, -0.25) is 4.79 Å². The summed E-state index contributed by atoms with van der Waals surface area (Å²) in [6, 6.07) is 13.0. The van der Waals surface area contributed by atoms with Gasteiger partial charge in [-0.1, -0.05) is 30.3 Å². The van der Waals surface area contributed by atoms with E-state index in [9.17, 15) is 4.79 Å².